The van der Waals surface area contributed by atoms with Crippen LogP contribution in [0.4, 0.5) is 17.6 Å². The molecule has 2 atom stereocenters. The molecule has 7 heteroatoms. The molecule has 2 rings (SSSR count). The Morgan fingerprint density at radius 1 is 1.38 bits per heavy atom. The number of rotatable bonds is 2. The first kappa shape index (κ1) is 15.8. The topological polar surface area (TPSA) is 41.1 Å². The second-order valence-corrected chi connectivity index (χ2v) is 5.24. The van der Waals surface area contributed by atoms with Crippen LogP contribution >= 0.6 is 0 Å². The average Bonchev–Trinajstić information content (AvgIpc) is 2.40. The minimum Gasteiger partial charge on any atom is -0.348 e. The third-order valence-corrected chi connectivity index (χ3v) is 3.68. The number of halogens is 4. The van der Waals surface area contributed by atoms with Crippen molar-refractivity contribution in [1.82, 2.24) is 10.6 Å². The van der Waals surface area contributed by atoms with Gasteiger partial charge in [0.1, 0.15) is 5.82 Å². The molecule has 0 spiro atoms. The van der Waals surface area contributed by atoms with Crippen LogP contribution in [0.2, 0.25) is 0 Å². The maximum atomic E-state index is 13.6. The summed E-state index contributed by atoms with van der Waals surface area (Å²) in [5.74, 6) is -1.60. The van der Waals surface area contributed by atoms with E-state index in [2.05, 4.69) is 10.6 Å². The van der Waals surface area contributed by atoms with E-state index >= 15 is 0 Å². The predicted octanol–water partition coefficient (Wildman–Crippen LogP) is 2.57. The highest BCUT2D eigenvalue weighted by Gasteiger charge is 2.32. The number of hydrogen-bond acceptors (Lipinski definition) is 2. The maximum Gasteiger partial charge on any atom is 0.416 e. The van der Waals surface area contributed by atoms with Crippen LogP contribution in [-0.2, 0) is 6.18 Å². The Bertz CT molecular complexity index is 530. The fraction of sp³-hybridized carbons (Fsp3) is 0.500. The number of piperidine rings is 1. The van der Waals surface area contributed by atoms with Crippen molar-refractivity contribution in [2.45, 2.75) is 25.6 Å². The fourth-order valence-electron chi connectivity index (χ4n) is 2.30. The van der Waals surface area contributed by atoms with Crippen molar-refractivity contribution >= 4 is 5.91 Å². The monoisotopic (exact) mass is 304 g/mol. The van der Waals surface area contributed by atoms with Crippen molar-refractivity contribution in [1.29, 1.82) is 0 Å². The Balaban J connectivity index is 2.18. The van der Waals surface area contributed by atoms with Crippen molar-refractivity contribution in [2.75, 3.05) is 13.1 Å². The fourth-order valence-corrected chi connectivity index (χ4v) is 2.30. The van der Waals surface area contributed by atoms with Gasteiger partial charge in [-0.2, -0.15) is 13.2 Å². The van der Waals surface area contributed by atoms with E-state index in [9.17, 15) is 22.4 Å². The lowest BCUT2D eigenvalue weighted by Gasteiger charge is -2.30. The van der Waals surface area contributed by atoms with Crippen molar-refractivity contribution in [3.05, 3.63) is 35.1 Å². The van der Waals surface area contributed by atoms with E-state index in [1.807, 2.05) is 6.92 Å². The van der Waals surface area contributed by atoms with E-state index < -0.39 is 29.0 Å². The van der Waals surface area contributed by atoms with E-state index in [1.54, 1.807) is 0 Å². The molecule has 1 aromatic rings. The van der Waals surface area contributed by atoms with E-state index in [0.29, 0.717) is 24.7 Å². The molecule has 1 saturated heterocycles. The van der Waals surface area contributed by atoms with Gasteiger partial charge < -0.3 is 10.6 Å². The van der Waals surface area contributed by atoms with Crippen molar-refractivity contribution < 1.29 is 22.4 Å². The molecule has 0 saturated carbocycles. The van der Waals surface area contributed by atoms with Crippen molar-refractivity contribution in [3.8, 4) is 0 Å². The van der Waals surface area contributed by atoms with Crippen LogP contribution in [0.1, 0.15) is 29.3 Å². The number of nitrogens with one attached hydrogen (secondary N) is 2. The Morgan fingerprint density at radius 2 is 2.10 bits per heavy atom. The molecule has 1 fully saturated rings. The van der Waals surface area contributed by atoms with Gasteiger partial charge in [0.05, 0.1) is 11.1 Å². The highest BCUT2D eigenvalue weighted by Crippen LogP contribution is 2.30. The summed E-state index contributed by atoms with van der Waals surface area (Å²) in [4.78, 5) is 12.0. The summed E-state index contributed by atoms with van der Waals surface area (Å²) < 4.78 is 51.5. The van der Waals surface area contributed by atoms with Gasteiger partial charge in [-0.1, -0.05) is 6.92 Å². The van der Waals surface area contributed by atoms with Crippen LogP contribution in [-0.4, -0.2) is 25.0 Å². The Labute approximate surface area is 119 Å². The van der Waals surface area contributed by atoms with E-state index in [1.165, 1.54) is 0 Å². The summed E-state index contributed by atoms with van der Waals surface area (Å²) >= 11 is 0. The summed E-state index contributed by atoms with van der Waals surface area (Å²) in [6.45, 7) is 3.28. The van der Waals surface area contributed by atoms with E-state index in [0.717, 1.165) is 13.0 Å². The van der Waals surface area contributed by atoms with Gasteiger partial charge in [0.2, 0.25) is 0 Å². The van der Waals surface area contributed by atoms with Gasteiger partial charge in [-0.15, -0.1) is 0 Å². The Kier molecular flexibility index (Phi) is 4.51. The zero-order valence-electron chi connectivity index (χ0n) is 11.4. The molecule has 3 nitrogen and oxygen atoms in total. The first-order valence-electron chi connectivity index (χ1n) is 6.67. The third-order valence-electron chi connectivity index (χ3n) is 3.68. The zero-order valence-corrected chi connectivity index (χ0v) is 11.4. The minimum absolute atomic E-state index is 0.184. The molecule has 21 heavy (non-hydrogen) atoms. The second kappa shape index (κ2) is 6.01. The van der Waals surface area contributed by atoms with Gasteiger partial charge in [-0.3, -0.25) is 4.79 Å². The average molecular weight is 304 g/mol. The first-order valence-corrected chi connectivity index (χ1v) is 6.67. The lowest BCUT2D eigenvalue weighted by atomic mass is 9.94. The Morgan fingerprint density at radius 3 is 2.71 bits per heavy atom. The molecule has 0 radical (unpaired) electrons. The van der Waals surface area contributed by atoms with Gasteiger partial charge in [-0.25, -0.2) is 4.39 Å². The molecule has 1 aromatic carbocycles. The number of hydrogen-bond donors (Lipinski definition) is 2. The van der Waals surface area contributed by atoms with Gasteiger partial charge in [0, 0.05) is 12.6 Å². The smallest absolute Gasteiger partial charge is 0.348 e. The lowest BCUT2D eigenvalue weighted by molar-refractivity contribution is -0.137. The highest BCUT2D eigenvalue weighted by atomic mass is 19.4. The number of alkyl halides is 3. The molecule has 1 amide bonds. The highest BCUT2D eigenvalue weighted by molar-refractivity contribution is 5.94. The molecule has 1 aliphatic rings. The molecule has 0 unspecified atom stereocenters. The van der Waals surface area contributed by atoms with Crippen molar-refractivity contribution in [3.63, 3.8) is 0 Å². The molecule has 1 heterocycles. The van der Waals surface area contributed by atoms with Gasteiger partial charge in [0.25, 0.3) is 5.91 Å². The molecule has 0 aromatic heterocycles. The van der Waals surface area contributed by atoms with E-state index in [-0.39, 0.29) is 12.0 Å². The molecular formula is C14H16F4N2O. The number of benzene rings is 1. The maximum absolute atomic E-state index is 13.6. The summed E-state index contributed by atoms with van der Waals surface area (Å²) in [5.41, 5.74) is -1.62. The second-order valence-electron chi connectivity index (χ2n) is 5.24. The quantitative estimate of drug-likeness (QED) is 0.825. The zero-order chi connectivity index (χ0) is 15.6. The van der Waals surface area contributed by atoms with Crippen LogP contribution in [0.15, 0.2) is 18.2 Å². The summed E-state index contributed by atoms with van der Waals surface area (Å²) in [6, 6.07) is 1.61. The molecule has 0 bridgehead atoms. The first-order chi connectivity index (χ1) is 9.79. The predicted molar refractivity (Wildman–Crippen MR) is 69.3 cm³/mol. The van der Waals surface area contributed by atoms with Crippen LogP contribution in [0.25, 0.3) is 0 Å². The summed E-state index contributed by atoms with van der Waals surface area (Å²) in [5, 5.41) is 5.68. The summed E-state index contributed by atoms with van der Waals surface area (Å²) in [7, 11) is 0. The SMILES string of the molecule is C[C@@H]1CCNC[C@@H]1NC(=O)c1cc(C(F)(F)F)ccc1F. The van der Waals surface area contributed by atoms with Gasteiger partial charge in [0.15, 0.2) is 0 Å². The minimum atomic E-state index is -4.61. The van der Waals surface area contributed by atoms with Gasteiger partial charge >= 0.3 is 6.18 Å². The molecular weight excluding hydrogens is 288 g/mol. The van der Waals surface area contributed by atoms with Crippen molar-refractivity contribution in [2.24, 2.45) is 5.92 Å². The molecule has 2 N–H and O–H groups in total. The van der Waals surface area contributed by atoms with Crippen LogP contribution in [0.5, 0.6) is 0 Å². The molecule has 0 aliphatic carbocycles. The largest absolute Gasteiger partial charge is 0.416 e. The molecule has 1 aliphatic heterocycles. The third kappa shape index (κ3) is 3.72. The van der Waals surface area contributed by atoms with Crippen LogP contribution < -0.4 is 10.6 Å². The molecule has 116 valence electrons. The van der Waals surface area contributed by atoms with Crippen LogP contribution in [0, 0.1) is 11.7 Å². The van der Waals surface area contributed by atoms with Crippen LogP contribution in [0.3, 0.4) is 0 Å². The van der Waals surface area contributed by atoms with E-state index in [4.69, 9.17) is 0 Å². The van der Waals surface area contributed by atoms with Gasteiger partial charge in [-0.05, 0) is 37.1 Å². The number of carbonyl (C=O) groups excluding carboxylic acids is 1. The normalized spacial score (nSPS) is 22.9. The summed E-state index contributed by atoms with van der Waals surface area (Å²) in [6.07, 6.45) is -3.77. The lowest BCUT2D eigenvalue weighted by Crippen LogP contribution is -2.50. The number of carbonyl (C=O) groups is 1. The number of amides is 1. The standard InChI is InChI=1S/C14H16F4N2O/c1-8-4-5-19-7-12(8)20-13(21)10-6-9(14(16,17)18)2-3-11(10)15/h2-3,6,8,12,19H,4-5,7H2,1H3,(H,20,21)/t8-,12+/m1/s1. The Hall–Kier alpha value is -1.63.